The van der Waals surface area contributed by atoms with Crippen LogP contribution >= 0.6 is 0 Å². The zero-order valence-corrected chi connectivity index (χ0v) is 20.3. The zero-order valence-electron chi connectivity index (χ0n) is 16.1. The van der Waals surface area contributed by atoms with Crippen molar-refractivity contribution in [2.45, 2.75) is 11.1 Å². The summed E-state index contributed by atoms with van der Waals surface area (Å²) in [5.41, 5.74) is 2.68. The number of fused-ring (bicyclic) bond motifs is 1. The summed E-state index contributed by atoms with van der Waals surface area (Å²) in [5, 5.41) is 2.84. The van der Waals surface area contributed by atoms with E-state index >= 15 is 0 Å². The van der Waals surface area contributed by atoms with E-state index in [1.165, 1.54) is 21.5 Å². The number of amides is 1. The topological polar surface area (TPSA) is 29.1 Å². The Bertz CT molecular complexity index is 929. The van der Waals surface area contributed by atoms with Crippen molar-refractivity contribution in [1.29, 1.82) is 0 Å². The molecule has 1 aliphatic rings. The van der Waals surface area contributed by atoms with E-state index < -0.39 is 24.0 Å². The second kappa shape index (κ2) is 11.0. The fraction of sp³-hybridized carbons (Fsp3) is 0.0870. The molecule has 147 valence electrons. The number of benzene rings is 3. The van der Waals surface area contributed by atoms with Crippen LogP contribution in [0.1, 0.15) is 22.3 Å². The fourth-order valence-electron chi connectivity index (χ4n) is 3.90. The van der Waals surface area contributed by atoms with E-state index in [1.54, 1.807) is 6.92 Å². The summed E-state index contributed by atoms with van der Waals surface area (Å²) in [4.78, 5) is 12.2. The molecule has 4 rings (SSSR count). The Labute approximate surface area is 192 Å². The molecule has 0 saturated carbocycles. The van der Waals surface area contributed by atoms with Crippen molar-refractivity contribution in [2.24, 2.45) is 0 Å². The first-order chi connectivity index (χ1) is 13.2. The third-order valence-electron chi connectivity index (χ3n) is 5.03. The van der Waals surface area contributed by atoms with Crippen molar-refractivity contribution >= 4 is 29.0 Å². The van der Waals surface area contributed by atoms with E-state index in [2.05, 4.69) is 101 Å². The first-order valence-electron chi connectivity index (χ1n) is 9.25. The van der Waals surface area contributed by atoms with Crippen molar-refractivity contribution in [3.05, 3.63) is 102 Å². The van der Waals surface area contributed by atoms with Gasteiger partial charge >= 0.3 is 168 Å². The predicted octanol–water partition coefficient (Wildman–Crippen LogP) is -3.03. The SMILES string of the molecule is CC(=O)[NH][Ti+2]([CH]1C=Cc2ccccc21)[SiH](c1ccccc1)c1ccccc1.[Cl-].[Cl-]. The molecule has 3 aromatic rings. The molecule has 0 aromatic heterocycles. The van der Waals surface area contributed by atoms with Crippen molar-refractivity contribution in [1.82, 2.24) is 3.80 Å². The minimum Gasteiger partial charge on any atom is -1.00 e. The molecule has 1 atom stereocenters. The number of rotatable bonds is 5. The Morgan fingerprint density at radius 3 is 1.90 bits per heavy atom. The maximum absolute atomic E-state index is 12.2. The van der Waals surface area contributed by atoms with Crippen molar-refractivity contribution in [3.8, 4) is 0 Å². The predicted molar refractivity (Wildman–Crippen MR) is 111 cm³/mol. The van der Waals surface area contributed by atoms with Gasteiger partial charge in [0, 0.05) is 0 Å². The van der Waals surface area contributed by atoms with Crippen LogP contribution < -0.4 is 39.0 Å². The first-order valence-corrected chi connectivity index (χ1v) is 15.4. The number of nitrogens with one attached hydrogen (secondary N) is 1. The largest absolute Gasteiger partial charge is 1.00 e. The van der Waals surface area contributed by atoms with Gasteiger partial charge in [-0.15, -0.1) is 0 Å². The van der Waals surface area contributed by atoms with Gasteiger partial charge in [0.05, 0.1) is 0 Å². The van der Waals surface area contributed by atoms with Crippen LogP contribution in [0.15, 0.2) is 91.0 Å². The molecule has 0 fully saturated rings. The van der Waals surface area contributed by atoms with Gasteiger partial charge in [0.25, 0.3) is 0 Å². The van der Waals surface area contributed by atoms with Crippen LogP contribution in [0.5, 0.6) is 0 Å². The van der Waals surface area contributed by atoms with Crippen molar-refractivity contribution < 1.29 is 47.0 Å². The molecule has 0 radical (unpaired) electrons. The van der Waals surface area contributed by atoms with Crippen LogP contribution in [0.3, 0.4) is 0 Å². The second-order valence-electron chi connectivity index (χ2n) is 6.86. The van der Waals surface area contributed by atoms with Gasteiger partial charge in [0.15, 0.2) is 0 Å². The maximum Gasteiger partial charge on any atom is -1.00 e. The molecular formula is C23H22Cl2NOSiTi. The van der Waals surface area contributed by atoms with Crippen LogP contribution in [-0.2, 0) is 22.2 Å². The van der Waals surface area contributed by atoms with E-state index in [9.17, 15) is 4.79 Å². The molecule has 0 aliphatic heterocycles. The molecule has 0 bridgehead atoms. The summed E-state index contributed by atoms with van der Waals surface area (Å²) in [6, 6.07) is 30.3. The number of carbonyl (C=O) groups is 1. The Kier molecular flexibility index (Phi) is 8.94. The van der Waals surface area contributed by atoms with E-state index in [4.69, 9.17) is 0 Å². The molecule has 0 saturated heterocycles. The molecule has 1 aliphatic carbocycles. The Morgan fingerprint density at radius 2 is 1.34 bits per heavy atom. The van der Waals surface area contributed by atoms with Gasteiger partial charge in [-0.05, 0) is 0 Å². The Morgan fingerprint density at radius 1 is 0.828 bits per heavy atom. The number of halogens is 2. The minimum absolute atomic E-state index is 0. The average molecular weight is 475 g/mol. The summed E-state index contributed by atoms with van der Waals surface area (Å²) in [5.74, 6) is 0.104. The molecule has 1 amide bonds. The monoisotopic (exact) mass is 474 g/mol. The van der Waals surface area contributed by atoms with Crippen LogP contribution in [0.2, 0.25) is 0 Å². The van der Waals surface area contributed by atoms with Crippen molar-refractivity contribution in [3.63, 3.8) is 0 Å². The van der Waals surface area contributed by atoms with Gasteiger partial charge in [0.1, 0.15) is 0 Å². The number of carbonyl (C=O) groups excluding carboxylic acids is 1. The molecule has 1 N–H and O–H groups in total. The van der Waals surface area contributed by atoms with Gasteiger partial charge in [-0.2, -0.15) is 0 Å². The normalized spacial score (nSPS) is 13.8. The van der Waals surface area contributed by atoms with Gasteiger partial charge in [-0.25, -0.2) is 0 Å². The smallest absolute Gasteiger partial charge is 1.00 e. The molecular weight excluding hydrogens is 453 g/mol. The van der Waals surface area contributed by atoms with Crippen LogP contribution in [0, 0.1) is 0 Å². The van der Waals surface area contributed by atoms with Crippen molar-refractivity contribution in [2.75, 3.05) is 0 Å². The van der Waals surface area contributed by atoms with Crippen LogP contribution in [-0.4, -0.2) is 12.6 Å². The first kappa shape index (κ1) is 23.7. The summed E-state index contributed by atoms with van der Waals surface area (Å²) in [6.07, 6.45) is 4.57. The van der Waals surface area contributed by atoms with Crippen LogP contribution in [0.25, 0.3) is 6.08 Å². The molecule has 3 aromatic carbocycles. The quantitative estimate of drug-likeness (QED) is 0.392. The number of hydrogen-bond donors (Lipinski definition) is 1. The standard InChI is InChI=1S/C12H11Si.C9H7.C2H5NO.2ClH.Ti/c1-3-7-11(8-4-1)13-12-9-5-2-6-10-12;1-2-5-9-7-3-6-8(9)4-1;1-2(3)4;;;/h1-10,13H;1-7H;1H3,(H2,3,4);2*1H;/q;;;;;+3/p-3. The second-order valence-corrected chi connectivity index (χ2v) is 17.1. The molecule has 1 unspecified atom stereocenters. The molecule has 2 nitrogen and oxygen atoms in total. The molecule has 29 heavy (non-hydrogen) atoms. The number of allylic oxidation sites excluding steroid dienone is 1. The van der Waals surface area contributed by atoms with Crippen LogP contribution in [0.4, 0.5) is 0 Å². The summed E-state index contributed by atoms with van der Waals surface area (Å²) < 4.78 is 3.86. The van der Waals surface area contributed by atoms with Gasteiger partial charge in [-0.1, -0.05) is 0 Å². The summed E-state index contributed by atoms with van der Waals surface area (Å²) in [7, 11) is 0. The average Bonchev–Trinajstić information content (AvgIpc) is 3.13. The minimum atomic E-state index is -2.05. The van der Waals surface area contributed by atoms with E-state index in [1.807, 2.05) is 0 Å². The van der Waals surface area contributed by atoms with Gasteiger partial charge in [-0.3, -0.25) is 0 Å². The fourth-order valence-corrected chi connectivity index (χ4v) is 18.6. The van der Waals surface area contributed by atoms with E-state index in [0.717, 1.165) is 0 Å². The van der Waals surface area contributed by atoms with E-state index in [0.29, 0.717) is 4.22 Å². The third-order valence-corrected chi connectivity index (χ3v) is 18.7. The number of hydrogen-bond acceptors (Lipinski definition) is 1. The van der Waals surface area contributed by atoms with E-state index in [-0.39, 0.29) is 30.7 Å². The molecule has 0 heterocycles. The van der Waals surface area contributed by atoms with Gasteiger partial charge < -0.3 is 24.8 Å². The molecule has 6 heteroatoms. The third kappa shape index (κ3) is 5.30. The molecule has 0 spiro atoms. The Hall–Kier alpha value is -1.62. The maximum atomic E-state index is 12.2. The van der Waals surface area contributed by atoms with Gasteiger partial charge in [0.2, 0.25) is 0 Å². The Balaban J connectivity index is 0.00000150. The zero-order chi connectivity index (χ0) is 18.6. The summed E-state index contributed by atoms with van der Waals surface area (Å²) in [6.45, 7) is 0.116. The summed E-state index contributed by atoms with van der Waals surface area (Å²) >= 11 is -2.05.